The minimum Gasteiger partial charge on any atom is -0.370 e. The molecule has 2 aromatic rings. The first-order chi connectivity index (χ1) is 12.9. The zero-order chi connectivity index (χ0) is 19.4. The lowest BCUT2D eigenvalue weighted by Gasteiger charge is -2.09. The maximum absolute atomic E-state index is 13.3. The van der Waals surface area contributed by atoms with Gasteiger partial charge in [-0.2, -0.15) is 0 Å². The first-order valence-electron chi connectivity index (χ1n) is 8.80. The van der Waals surface area contributed by atoms with Gasteiger partial charge in [-0.25, -0.2) is 4.39 Å². The van der Waals surface area contributed by atoms with Crippen molar-refractivity contribution in [3.8, 4) is 0 Å². The summed E-state index contributed by atoms with van der Waals surface area (Å²) in [5, 5.41) is 11.8. The van der Waals surface area contributed by atoms with Crippen LogP contribution < -0.4 is 11.1 Å². The second kappa shape index (κ2) is 8.51. The molecule has 1 saturated carbocycles. The molecule has 1 aromatic carbocycles. The number of rotatable bonds is 9. The summed E-state index contributed by atoms with van der Waals surface area (Å²) in [7, 11) is 0. The highest BCUT2D eigenvalue weighted by Crippen LogP contribution is 2.40. The van der Waals surface area contributed by atoms with E-state index in [1.807, 2.05) is 4.57 Å². The van der Waals surface area contributed by atoms with Crippen LogP contribution in [0.2, 0.25) is 0 Å². The van der Waals surface area contributed by atoms with E-state index in [0.29, 0.717) is 29.7 Å². The van der Waals surface area contributed by atoms with Crippen LogP contribution in [0.5, 0.6) is 0 Å². The molecule has 0 spiro atoms. The maximum Gasteiger partial charge on any atom is 0.230 e. The van der Waals surface area contributed by atoms with Crippen molar-refractivity contribution in [1.82, 2.24) is 20.1 Å². The number of carbonyl (C=O) groups is 2. The molecule has 27 heavy (non-hydrogen) atoms. The lowest BCUT2D eigenvalue weighted by molar-refractivity contribution is -0.119. The van der Waals surface area contributed by atoms with Crippen LogP contribution in [0.1, 0.15) is 42.1 Å². The summed E-state index contributed by atoms with van der Waals surface area (Å²) < 4.78 is 15.2. The van der Waals surface area contributed by atoms with Gasteiger partial charge in [0.1, 0.15) is 11.6 Å². The molecule has 9 heteroatoms. The zero-order valence-electron chi connectivity index (χ0n) is 15.1. The largest absolute Gasteiger partial charge is 0.370 e. The van der Waals surface area contributed by atoms with E-state index in [4.69, 9.17) is 5.73 Å². The Morgan fingerprint density at radius 3 is 2.81 bits per heavy atom. The Morgan fingerprint density at radius 1 is 1.37 bits per heavy atom. The monoisotopic (exact) mass is 391 g/mol. The lowest BCUT2D eigenvalue weighted by Crippen LogP contribution is -2.25. The van der Waals surface area contributed by atoms with Crippen molar-refractivity contribution in [2.45, 2.75) is 50.4 Å². The SMILES string of the molecule is Cc1cc(CNC(=O)CSc2nnc(C3CC3)n2CCC(N)=O)ccc1F. The van der Waals surface area contributed by atoms with Crippen LogP contribution in [0.3, 0.4) is 0 Å². The Bertz CT molecular complexity index is 850. The van der Waals surface area contributed by atoms with Crippen LogP contribution in [-0.4, -0.2) is 32.3 Å². The minimum atomic E-state index is -0.381. The minimum absolute atomic E-state index is 0.153. The van der Waals surface area contributed by atoms with Crippen molar-refractivity contribution in [2.24, 2.45) is 5.73 Å². The van der Waals surface area contributed by atoms with Gasteiger partial charge in [0.2, 0.25) is 11.8 Å². The lowest BCUT2D eigenvalue weighted by atomic mass is 10.1. The number of hydrogen-bond acceptors (Lipinski definition) is 5. The van der Waals surface area contributed by atoms with Crippen LogP contribution in [0.15, 0.2) is 23.4 Å². The number of hydrogen-bond donors (Lipinski definition) is 2. The molecule has 3 rings (SSSR count). The normalized spacial score (nSPS) is 13.6. The van der Waals surface area contributed by atoms with Crippen molar-refractivity contribution < 1.29 is 14.0 Å². The highest BCUT2D eigenvalue weighted by Gasteiger charge is 2.30. The molecule has 1 aliphatic rings. The van der Waals surface area contributed by atoms with Gasteiger partial charge < -0.3 is 15.6 Å². The van der Waals surface area contributed by atoms with Gasteiger partial charge in [-0.05, 0) is 37.0 Å². The van der Waals surface area contributed by atoms with Gasteiger partial charge in [0, 0.05) is 25.4 Å². The second-order valence-electron chi connectivity index (χ2n) is 6.63. The summed E-state index contributed by atoms with van der Waals surface area (Å²) in [5.41, 5.74) is 6.64. The number of amides is 2. The third-order valence-electron chi connectivity index (χ3n) is 4.31. The van der Waals surface area contributed by atoms with E-state index in [0.717, 1.165) is 24.2 Å². The number of nitrogens with zero attached hydrogens (tertiary/aromatic N) is 3. The molecule has 1 fully saturated rings. The van der Waals surface area contributed by atoms with Gasteiger partial charge in [-0.3, -0.25) is 9.59 Å². The summed E-state index contributed by atoms with van der Waals surface area (Å²) >= 11 is 1.28. The van der Waals surface area contributed by atoms with Gasteiger partial charge in [0.15, 0.2) is 5.16 Å². The molecule has 0 aliphatic heterocycles. The topological polar surface area (TPSA) is 103 Å². The number of carbonyl (C=O) groups excluding carboxylic acids is 2. The number of benzene rings is 1. The summed E-state index contributed by atoms with van der Waals surface area (Å²) in [6.45, 7) is 2.45. The van der Waals surface area contributed by atoms with Crippen molar-refractivity contribution >= 4 is 23.6 Å². The van der Waals surface area contributed by atoms with Gasteiger partial charge in [-0.1, -0.05) is 23.9 Å². The van der Waals surface area contributed by atoms with Gasteiger partial charge in [0.25, 0.3) is 0 Å². The first kappa shape index (κ1) is 19.3. The highest BCUT2D eigenvalue weighted by molar-refractivity contribution is 7.99. The number of nitrogens with two attached hydrogens (primary N) is 1. The molecule has 0 unspecified atom stereocenters. The fourth-order valence-corrected chi connectivity index (χ4v) is 3.48. The molecule has 0 radical (unpaired) electrons. The number of halogens is 1. The molecule has 1 aromatic heterocycles. The Morgan fingerprint density at radius 2 is 2.15 bits per heavy atom. The van der Waals surface area contributed by atoms with E-state index < -0.39 is 0 Å². The number of thioether (sulfide) groups is 1. The average molecular weight is 391 g/mol. The summed E-state index contributed by atoms with van der Waals surface area (Å²) in [6, 6.07) is 4.76. The first-order valence-corrected chi connectivity index (χ1v) is 9.78. The van der Waals surface area contributed by atoms with Crippen LogP contribution in [0, 0.1) is 12.7 Å². The van der Waals surface area contributed by atoms with Crippen molar-refractivity contribution in [1.29, 1.82) is 0 Å². The van der Waals surface area contributed by atoms with Crippen LogP contribution in [0.25, 0.3) is 0 Å². The standard InChI is InChI=1S/C18H22FN5O2S/c1-11-8-12(2-5-14(11)19)9-21-16(26)10-27-18-23-22-17(13-3-4-13)24(18)7-6-15(20)25/h2,5,8,13H,3-4,6-7,9-10H2,1H3,(H2,20,25)(H,21,26). The van der Waals surface area contributed by atoms with Crippen LogP contribution >= 0.6 is 11.8 Å². The van der Waals surface area contributed by atoms with Crippen LogP contribution in [-0.2, 0) is 22.7 Å². The molecule has 0 atom stereocenters. The van der Waals surface area contributed by atoms with Crippen LogP contribution in [0.4, 0.5) is 4.39 Å². The fourth-order valence-electron chi connectivity index (χ4n) is 2.68. The molecular formula is C18H22FN5O2S. The predicted octanol–water partition coefficient (Wildman–Crippen LogP) is 1.89. The van der Waals surface area contributed by atoms with E-state index >= 15 is 0 Å². The van der Waals surface area contributed by atoms with Crippen molar-refractivity contribution in [2.75, 3.05) is 5.75 Å². The van der Waals surface area contributed by atoms with E-state index in [9.17, 15) is 14.0 Å². The maximum atomic E-state index is 13.3. The van der Waals surface area contributed by atoms with E-state index in [2.05, 4.69) is 15.5 Å². The Balaban J connectivity index is 1.54. The Labute approximate surface area is 160 Å². The molecule has 7 nitrogen and oxygen atoms in total. The van der Waals surface area contributed by atoms with E-state index in [1.54, 1.807) is 19.1 Å². The Kier molecular flexibility index (Phi) is 6.10. The molecule has 144 valence electrons. The zero-order valence-corrected chi connectivity index (χ0v) is 15.9. The number of nitrogens with one attached hydrogen (secondary N) is 1. The third-order valence-corrected chi connectivity index (χ3v) is 5.28. The summed E-state index contributed by atoms with van der Waals surface area (Å²) in [6.07, 6.45) is 2.34. The summed E-state index contributed by atoms with van der Waals surface area (Å²) in [5.74, 6) is 0.631. The second-order valence-corrected chi connectivity index (χ2v) is 7.57. The van der Waals surface area contributed by atoms with Gasteiger partial charge >= 0.3 is 0 Å². The molecule has 2 amide bonds. The van der Waals surface area contributed by atoms with Gasteiger partial charge in [-0.15, -0.1) is 10.2 Å². The number of primary amides is 1. The molecule has 0 bridgehead atoms. The van der Waals surface area contributed by atoms with Crippen molar-refractivity contribution in [3.05, 3.63) is 41.0 Å². The molecule has 3 N–H and O–H groups in total. The molecule has 1 aliphatic carbocycles. The predicted molar refractivity (Wildman–Crippen MR) is 99.5 cm³/mol. The number of aromatic nitrogens is 3. The van der Waals surface area contributed by atoms with Crippen molar-refractivity contribution in [3.63, 3.8) is 0 Å². The summed E-state index contributed by atoms with van der Waals surface area (Å²) in [4.78, 5) is 23.2. The molecule has 1 heterocycles. The van der Waals surface area contributed by atoms with E-state index in [-0.39, 0.29) is 29.8 Å². The average Bonchev–Trinajstić information content (AvgIpc) is 3.39. The fraction of sp³-hybridized carbons (Fsp3) is 0.444. The van der Waals surface area contributed by atoms with E-state index in [1.165, 1.54) is 17.8 Å². The number of aryl methyl sites for hydroxylation is 1. The highest BCUT2D eigenvalue weighted by atomic mass is 32.2. The smallest absolute Gasteiger partial charge is 0.230 e. The third kappa shape index (κ3) is 5.29. The Hall–Kier alpha value is -2.42. The quantitative estimate of drug-likeness (QED) is 0.636. The molecule has 0 saturated heterocycles. The van der Waals surface area contributed by atoms with Gasteiger partial charge in [0.05, 0.1) is 5.75 Å². The molecular weight excluding hydrogens is 369 g/mol.